The van der Waals surface area contributed by atoms with Gasteiger partial charge in [0.1, 0.15) is 5.75 Å². The van der Waals surface area contributed by atoms with E-state index < -0.39 is 10.4 Å². The van der Waals surface area contributed by atoms with Gasteiger partial charge < -0.3 is 14.2 Å². The third kappa shape index (κ3) is 23.8. The van der Waals surface area contributed by atoms with Gasteiger partial charge in [-0.2, -0.15) is 0 Å². The van der Waals surface area contributed by atoms with Crippen molar-refractivity contribution in [3.63, 3.8) is 0 Å². The summed E-state index contributed by atoms with van der Waals surface area (Å²) in [5.41, 5.74) is 0. The van der Waals surface area contributed by atoms with E-state index >= 15 is 0 Å². The molecular formula is C6H6K2O5S. The van der Waals surface area contributed by atoms with Crippen LogP contribution in [0.2, 0.25) is 0 Å². The normalized spacial score (nSPS) is 8.43. The van der Waals surface area contributed by atoms with Crippen LogP contribution in [-0.4, -0.2) is 22.6 Å². The van der Waals surface area contributed by atoms with Crippen molar-refractivity contribution in [2.24, 2.45) is 0 Å². The second kappa shape index (κ2) is 11.6. The van der Waals surface area contributed by atoms with Crippen molar-refractivity contribution in [3.05, 3.63) is 30.3 Å². The summed E-state index contributed by atoms with van der Waals surface area (Å²) >= 11 is 0. The molecule has 0 atom stereocenters. The first-order valence-electron chi connectivity index (χ1n) is 2.80. The van der Waals surface area contributed by atoms with E-state index in [2.05, 4.69) is 0 Å². The summed E-state index contributed by atoms with van der Waals surface area (Å²) in [6.45, 7) is 0. The van der Waals surface area contributed by atoms with Crippen LogP contribution in [-0.2, 0) is 10.4 Å². The first-order valence-corrected chi connectivity index (χ1v) is 4.13. The van der Waals surface area contributed by atoms with E-state index in [9.17, 15) is 0 Å². The van der Waals surface area contributed by atoms with Crippen LogP contribution in [0.4, 0.5) is 0 Å². The van der Waals surface area contributed by atoms with E-state index in [0.717, 1.165) is 0 Å². The minimum absolute atomic E-state index is 0. The second-order valence-electron chi connectivity index (χ2n) is 1.74. The van der Waals surface area contributed by atoms with E-state index in [-0.39, 0.29) is 103 Å². The zero-order valence-corrected chi connectivity index (χ0v) is 14.9. The molecule has 1 rings (SSSR count). The van der Waals surface area contributed by atoms with Gasteiger partial charge in [-0.1, -0.05) is 18.2 Å². The number of hydrogen-bond acceptors (Lipinski definition) is 5. The molecule has 0 saturated carbocycles. The Kier molecular flexibility index (Phi) is 17.8. The number of aromatic hydroxyl groups is 1. The Morgan fingerprint density at radius 2 is 1.29 bits per heavy atom. The largest absolute Gasteiger partial charge is 1.00 e. The molecule has 0 heterocycles. The summed E-state index contributed by atoms with van der Waals surface area (Å²) < 4.78 is 34.1. The molecule has 68 valence electrons. The van der Waals surface area contributed by atoms with Gasteiger partial charge in [0.15, 0.2) is 0 Å². The molecule has 0 saturated heterocycles. The van der Waals surface area contributed by atoms with Gasteiger partial charge in [-0.15, -0.1) is 0 Å². The van der Waals surface area contributed by atoms with Gasteiger partial charge in [0.2, 0.25) is 0 Å². The topological polar surface area (TPSA) is 100 Å². The summed E-state index contributed by atoms with van der Waals surface area (Å²) in [5.74, 6) is 0.322. The predicted octanol–water partition coefficient (Wildman–Crippen LogP) is -5.94. The van der Waals surface area contributed by atoms with Crippen molar-refractivity contribution in [1.29, 1.82) is 0 Å². The molecule has 0 aliphatic rings. The predicted molar refractivity (Wildman–Crippen MR) is 38.6 cm³/mol. The minimum Gasteiger partial charge on any atom is -0.759 e. The fourth-order valence-corrected chi connectivity index (χ4v) is 0.428. The Balaban J connectivity index is -0.000000159. The number of phenols is 1. The number of hydrogen-bond donors (Lipinski definition) is 1. The molecule has 0 amide bonds. The maximum atomic E-state index is 8.63. The average Bonchev–Trinajstić information content (AvgIpc) is 1.85. The number of rotatable bonds is 0. The molecule has 0 aliphatic carbocycles. The molecule has 0 fully saturated rings. The Bertz CT molecular complexity index is 304. The van der Waals surface area contributed by atoms with E-state index in [1.165, 1.54) is 0 Å². The van der Waals surface area contributed by atoms with Crippen molar-refractivity contribution in [1.82, 2.24) is 0 Å². The maximum Gasteiger partial charge on any atom is 1.00 e. The maximum absolute atomic E-state index is 8.63. The molecule has 1 aromatic carbocycles. The van der Waals surface area contributed by atoms with Gasteiger partial charge in [-0.05, 0) is 12.1 Å². The summed E-state index contributed by atoms with van der Waals surface area (Å²) in [5, 5.41) is 8.63. The molecule has 0 spiro atoms. The first kappa shape index (κ1) is 21.4. The molecule has 0 aromatic heterocycles. The second-order valence-corrected chi connectivity index (χ2v) is 2.56. The Labute approximate surface area is 168 Å². The molecule has 8 heteroatoms. The molecule has 5 nitrogen and oxygen atoms in total. The third-order valence-corrected chi connectivity index (χ3v) is 0.756. The summed E-state index contributed by atoms with van der Waals surface area (Å²) in [4.78, 5) is 0. The van der Waals surface area contributed by atoms with E-state index in [1.54, 1.807) is 24.3 Å². The monoisotopic (exact) mass is 268 g/mol. The van der Waals surface area contributed by atoms with Crippen LogP contribution >= 0.6 is 0 Å². The fourth-order valence-electron chi connectivity index (χ4n) is 0.428. The molecule has 0 aliphatic heterocycles. The molecule has 1 aromatic rings. The van der Waals surface area contributed by atoms with E-state index in [0.29, 0.717) is 5.75 Å². The van der Waals surface area contributed by atoms with Gasteiger partial charge in [-0.3, -0.25) is 8.42 Å². The molecule has 0 unspecified atom stereocenters. The molecule has 1 N–H and O–H groups in total. The summed E-state index contributed by atoms with van der Waals surface area (Å²) in [6, 6.07) is 8.71. The van der Waals surface area contributed by atoms with Crippen LogP contribution in [0.15, 0.2) is 30.3 Å². The average molecular weight is 268 g/mol. The van der Waals surface area contributed by atoms with Crippen molar-refractivity contribution in [3.8, 4) is 5.75 Å². The Hall–Kier alpha value is 2.16. The van der Waals surface area contributed by atoms with Crippen molar-refractivity contribution in [2.45, 2.75) is 0 Å². The third-order valence-electron chi connectivity index (χ3n) is 0.756. The van der Waals surface area contributed by atoms with E-state index in [1.807, 2.05) is 6.07 Å². The number of para-hydroxylation sites is 1. The number of phenolic OH excluding ortho intramolecular Hbond substituents is 1. The van der Waals surface area contributed by atoms with Crippen LogP contribution in [0.1, 0.15) is 0 Å². The van der Waals surface area contributed by atoms with Gasteiger partial charge in [0.05, 0.1) is 0 Å². The summed E-state index contributed by atoms with van der Waals surface area (Å²) in [6.07, 6.45) is 0. The van der Waals surface area contributed by atoms with Gasteiger partial charge in [0.25, 0.3) is 0 Å². The van der Waals surface area contributed by atoms with Crippen LogP contribution in [0.25, 0.3) is 0 Å². The molecule has 0 radical (unpaired) electrons. The standard InChI is InChI=1S/C6H6O.2K.H2O4S/c7-6-4-2-1-3-5-6;;;1-5(2,3)4/h1-5,7H;;;(H2,1,2,3,4)/q;2*+1;/p-2. The number of benzene rings is 1. The van der Waals surface area contributed by atoms with Crippen LogP contribution in [0.5, 0.6) is 5.75 Å². The Morgan fingerprint density at radius 1 is 1.00 bits per heavy atom. The zero-order chi connectivity index (χ0) is 9.61. The van der Waals surface area contributed by atoms with Gasteiger partial charge in [-0.25, -0.2) is 0 Å². The van der Waals surface area contributed by atoms with Crippen molar-refractivity contribution < 1.29 is 125 Å². The van der Waals surface area contributed by atoms with Crippen molar-refractivity contribution in [2.75, 3.05) is 0 Å². The quantitative estimate of drug-likeness (QED) is 0.287. The Morgan fingerprint density at radius 3 is 1.43 bits per heavy atom. The van der Waals surface area contributed by atoms with Crippen LogP contribution in [0, 0.1) is 0 Å². The SMILES string of the molecule is O=S(=O)([O-])[O-].Oc1ccccc1.[K+].[K+]. The molecule has 0 bridgehead atoms. The zero-order valence-electron chi connectivity index (χ0n) is 7.88. The minimum atomic E-state index is -5.17. The first-order chi connectivity index (χ1) is 5.39. The van der Waals surface area contributed by atoms with Crippen LogP contribution < -0.4 is 103 Å². The van der Waals surface area contributed by atoms with Gasteiger partial charge in [0, 0.05) is 10.4 Å². The van der Waals surface area contributed by atoms with Gasteiger partial charge >= 0.3 is 103 Å². The van der Waals surface area contributed by atoms with Crippen molar-refractivity contribution >= 4 is 10.4 Å². The fraction of sp³-hybridized carbons (Fsp3) is 0. The van der Waals surface area contributed by atoms with Crippen LogP contribution in [0.3, 0.4) is 0 Å². The smallest absolute Gasteiger partial charge is 0.759 e. The molecule has 14 heavy (non-hydrogen) atoms. The summed E-state index contributed by atoms with van der Waals surface area (Å²) in [7, 11) is -5.17. The van der Waals surface area contributed by atoms with E-state index in [4.69, 9.17) is 22.6 Å². The molecular weight excluding hydrogens is 262 g/mol.